The van der Waals surface area contributed by atoms with Crippen molar-refractivity contribution < 1.29 is 13.2 Å². The van der Waals surface area contributed by atoms with Crippen LogP contribution in [0.2, 0.25) is 0 Å². The van der Waals surface area contributed by atoms with Crippen LogP contribution in [-0.2, 0) is 16.4 Å². The van der Waals surface area contributed by atoms with Gasteiger partial charge in [-0.15, -0.1) is 0 Å². The Labute approximate surface area is 208 Å². The van der Waals surface area contributed by atoms with Gasteiger partial charge in [-0.1, -0.05) is 18.2 Å². The van der Waals surface area contributed by atoms with E-state index in [-0.39, 0.29) is 15.7 Å². The minimum Gasteiger partial charge on any atom is -0.355 e. The molecular weight excluding hydrogens is 484 g/mol. The summed E-state index contributed by atoms with van der Waals surface area (Å²) in [4.78, 5) is 22.4. The zero-order chi connectivity index (χ0) is 25.3. The van der Waals surface area contributed by atoms with Crippen LogP contribution < -0.4 is 10.6 Å². The Balaban J connectivity index is 1.77. The fourth-order valence-corrected chi connectivity index (χ4v) is 4.56. The predicted molar refractivity (Wildman–Crippen MR) is 138 cm³/mol. The van der Waals surface area contributed by atoms with Crippen molar-refractivity contribution in [2.75, 3.05) is 31.7 Å². The third kappa shape index (κ3) is 7.10. The lowest BCUT2D eigenvalue weighted by Gasteiger charge is -2.12. The number of anilines is 1. The van der Waals surface area contributed by atoms with Gasteiger partial charge in [0.1, 0.15) is 0 Å². The largest absolute Gasteiger partial charge is 0.355 e. The number of amides is 1. The Kier molecular flexibility index (Phi) is 8.91. The first kappa shape index (κ1) is 25.8. The Morgan fingerprint density at radius 1 is 1.06 bits per heavy atom. The molecule has 0 saturated carbocycles. The number of rotatable bonds is 8. The molecule has 11 heteroatoms. The van der Waals surface area contributed by atoms with Crippen molar-refractivity contribution in [3.8, 4) is 0 Å². The molecule has 0 radical (unpaired) electrons. The summed E-state index contributed by atoms with van der Waals surface area (Å²) in [5.74, 6) is 0.743. The van der Waals surface area contributed by atoms with Gasteiger partial charge in [0, 0.05) is 55.7 Å². The Morgan fingerprint density at radius 3 is 2.43 bits per heavy atom. The number of pyridine rings is 1. The van der Waals surface area contributed by atoms with E-state index < -0.39 is 9.84 Å². The highest BCUT2D eigenvalue weighted by molar-refractivity contribution is 7.91. The molecule has 3 aromatic rings. The quantitative estimate of drug-likeness (QED) is 0.270. The molecule has 0 spiro atoms. The van der Waals surface area contributed by atoms with E-state index in [1.807, 2.05) is 0 Å². The highest BCUT2D eigenvalue weighted by Gasteiger charge is 2.19. The van der Waals surface area contributed by atoms with E-state index in [1.54, 1.807) is 62.9 Å². The maximum Gasteiger partial charge on any atom is 0.253 e. The minimum absolute atomic E-state index is 0.0609. The third-order valence-corrected chi connectivity index (χ3v) is 7.03. The number of aromatic nitrogens is 1. The molecule has 35 heavy (non-hydrogen) atoms. The van der Waals surface area contributed by atoms with Crippen LogP contribution in [-0.4, -0.2) is 56.6 Å². The van der Waals surface area contributed by atoms with E-state index in [9.17, 15) is 13.2 Å². The second-order valence-electron chi connectivity index (χ2n) is 7.66. The van der Waals surface area contributed by atoms with Crippen molar-refractivity contribution in [3.63, 3.8) is 0 Å². The second kappa shape index (κ2) is 12.1. The number of nitrogens with one attached hydrogen (secondary N) is 2. The van der Waals surface area contributed by atoms with Crippen LogP contribution in [0.5, 0.6) is 0 Å². The average Bonchev–Trinajstić information content (AvgIpc) is 2.87. The van der Waals surface area contributed by atoms with Crippen molar-refractivity contribution in [2.24, 2.45) is 4.99 Å². The van der Waals surface area contributed by atoms with Gasteiger partial charge in [-0.25, -0.2) is 13.4 Å². The van der Waals surface area contributed by atoms with Gasteiger partial charge in [0.2, 0.25) is 9.84 Å². The molecule has 0 aliphatic rings. The summed E-state index contributed by atoms with van der Waals surface area (Å²) in [5.41, 5.74) is 1.93. The molecule has 1 aromatic heterocycles. The summed E-state index contributed by atoms with van der Waals surface area (Å²) in [5, 5.41) is 6.30. The van der Waals surface area contributed by atoms with Crippen molar-refractivity contribution in [1.82, 2.24) is 15.2 Å². The Hall–Kier alpha value is -3.79. The number of carbonyl (C=O) groups excluding carboxylic acids is 1. The first-order valence-electron chi connectivity index (χ1n) is 10.7. The van der Waals surface area contributed by atoms with Crippen LogP contribution in [0, 0.1) is 4.61 Å². The van der Waals surface area contributed by atoms with Gasteiger partial charge in [-0.3, -0.25) is 9.78 Å². The van der Waals surface area contributed by atoms with Crippen LogP contribution >= 0.6 is 11.4 Å². The van der Waals surface area contributed by atoms with E-state index >= 15 is 0 Å². The molecule has 182 valence electrons. The van der Waals surface area contributed by atoms with Gasteiger partial charge in [-0.2, -0.15) is 4.61 Å². The molecule has 1 heterocycles. The van der Waals surface area contributed by atoms with Gasteiger partial charge in [0.15, 0.2) is 5.96 Å². The van der Waals surface area contributed by atoms with Crippen molar-refractivity contribution in [3.05, 3.63) is 84.2 Å². The first-order valence-corrected chi connectivity index (χ1v) is 13.1. The summed E-state index contributed by atoms with van der Waals surface area (Å²) in [6.07, 6.45) is 3.32. The number of guanidine groups is 1. The molecule has 1 amide bonds. The molecule has 0 aliphatic carbocycles. The zero-order valence-corrected chi connectivity index (χ0v) is 21.0. The number of aliphatic imine (C=N–C) groups is 1. The average molecular weight is 511 g/mol. The lowest BCUT2D eigenvalue weighted by Crippen LogP contribution is -2.32. The summed E-state index contributed by atoms with van der Waals surface area (Å²) in [7, 11) is -0.558. The number of hydrogen-bond acceptors (Lipinski definition) is 6. The number of nitrogens with zero attached hydrogens (tertiary/aromatic N) is 4. The molecule has 9 nitrogen and oxygen atoms in total. The van der Waals surface area contributed by atoms with E-state index in [0.717, 1.165) is 22.6 Å². The third-order valence-electron chi connectivity index (χ3n) is 4.88. The summed E-state index contributed by atoms with van der Waals surface area (Å²) < 4.78 is 35.2. The molecule has 0 unspecified atom stereocenters. The molecular formula is C24H26N6O3S2. The van der Waals surface area contributed by atoms with Crippen LogP contribution in [0.4, 0.5) is 5.69 Å². The normalized spacial score (nSPS) is 11.5. The standard InChI is InChI=1S/C24H26N6O3S2/c1-30(2)23(31)19-4-3-5-22(16-19)35(32,33)21-8-6-18(7-9-21)17-28-24(27-14-15-34-25)29-20-10-12-26-13-11-20/h3-13,16H,14-15,17H2,1-2H3,(H2,26,27,28,29). The SMILES string of the molecule is CN(C)C(=O)c1cccc(S(=O)(=O)c2ccc(CN=C(NCCS#N)Nc3ccncc3)cc2)c1. The molecule has 0 bridgehead atoms. The van der Waals surface area contributed by atoms with Crippen LogP contribution in [0.3, 0.4) is 0 Å². The van der Waals surface area contributed by atoms with E-state index in [4.69, 9.17) is 4.61 Å². The summed E-state index contributed by atoms with van der Waals surface area (Å²) in [6, 6.07) is 16.1. The van der Waals surface area contributed by atoms with Gasteiger partial charge in [0.25, 0.3) is 5.91 Å². The summed E-state index contributed by atoms with van der Waals surface area (Å²) >= 11 is 0.737. The fourth-order valence-electron chi connectivity index (χ4n) is 3.06. The first-order chi connectivity index (χ1) is 16.8. The molecule has 0 atom stereocenters. The maximum absolute atomic E-state index is 13.1. The molecule has 2 aromatic carbocycles. The van der Waals surface area contributed by atoms with Crippen LogP contribution in [0.25, 0.3) is 0 Å². The Morgan fingerprint density at radius 2 is 1.77 bits per heavy atom. The number of carbonyl (C=O) groups is 1. The summed E-state index contributed by atoms with van der Waals surface area (Å²) in [6.45, 7) is 0.810. The number of benzene rings is 2. The Bertz CT molecular complexity index is 1340. The lowest BCUT2D eigenvalue weighted by molar-refractivity contribution is 0.0827. The lowest BCUT2D eigenvalue weighted by atomic mass is 10.2. The second-order valence-corrected chi connectivity index (χ2v) is 10.3. The molecule has 0 saturated heterocycles. The van der Waals surface area contributed by atoms with E-state index in [1.165, 1.54) is 29.2 Å². The smallest absolute Gasteiger partial charge is 0.253 e. The van der Waals surface area contributed by atoms with Crippen LogP contribution in [0.15, 0.2) is 87.8 Å². The number of hydrogen-bond donors (Lipinski definition) is 2. The monoisotopic (exact) mass is 510 g/mol. The van der Waals surface area contributed by atoms with Gasteiger partial charge < -0.3 is 15.5 Å². The topological polar surface area (TPSA) is 128 Å². The van der Waals surface area contributed by atoms with Gasteiger partial charge in [-0.05, 0) is 48.0 Å². The van der Waals surface area contributed by atoms with Crippen molar-refractivity contribution in [1.29, 1.82) is 4.61 Å². The van der Waals surface area contributed by atoms with Crippen molar-refractivity contribution in [2.45, 2.75) is 16.3 Å². The number of sulfone groups is 1. The maximum atomic E-state index is 13.1. The molecule has 0 fully saturated rings. The van der Waals surface area contributed by atoms with Crippen molar-refractivity contribution >= 4 is 38.8 Å². The van der Waals surface area contributed by atoms with E-state index in [2.05, 4.69) is 20.6 Å². The van der Waals surface area contributed by atoms with E-state index in [0.29, 0.717) is 30.4 Å². The van der Waals surface area contributed by atoms with Gasteiger partial charge >= 0.3 is 0 Å². The minimum atomic E-state index is -3.79. The fraction of sp³-hybridized carbons (Fsp3) is 0.208. The predicted octanol–water partition coefficient (Wildman–Crippen LogP) is 3.39. The molecule has 0 aliphatic heterocycles. The van der Waals surface area contributed by atoms with Crippen LogP contribution in [0.1, 0.15) is 15.9 Å². The molecule has 2 N–H and O–H groups in total. The highest BCUT2D eigenvalue weighted by Crippen LogP contribution is 2.22. The molecule has 3 rings (SSSR count). The highest BCUT2D eigenvalue weighted by atomic mass is 32.2. The van der Waals surface area contributed by atoms with Gasteiger partial charge in [0.05, 0.1) is 22.1 Å². The zero-order valence-electron chi connectivity index (χ0n) is 19.4.